The lowest BCUT2D eigenvalue weighted by Gasteiger charge is -2.21. The van der Waals surface area contributed by atoms with Crippen LogP contribution in [0.25, 0.3) is 0 Å². The molecule has 2 amide bonds. The first-order valence-corrected chi connectivity index (χ1v) is 9.27. The predicted octanol–water partition coefficient (Wildman–Crippen LogP) is 4.96. The standard InChI is InChI=1S/C22H20ClN3O2/c1-3-26(19-7-5-4-6-8-19)22(28)17-11-16(13-24-14-17)21(27)25-20-12-18(23)10-9-15(20)2/h4-14H,3H2,1-2H3,(H,25,27). The highest BCUT2D eigenvalue weighted by atomic mass is 35.5. The van der Waals surface area contributed by atoms with Crippen molar-refractivity contribution in [3.63, 3.8) is 0 Å². The van der Waals surface area contributed by atoms with E-state index in [1.165, 1.54) is 12.4 Å². The van der Waals surface area contributed by atoms with E-state index in [2.05, 4.69) is 10.3 Å². The summed E-state index contributed by atoms with van der Waals surface area (Å²) in [5, 5.41) is 3.35. The third-order valence-corrected chi connectivity index (χ3v) is 4.56. The fourth-order valence-electron chi connectivity index (χ4n) is 2.81. The Labute approximate surface area is 169 Å². The van der Waals surface area contributed by atoms with Crippen LogP contribution in [0.5, 0.6) is 0 Å². The molecule has 0 aliphatic carbocycles. The fraction of sp³-hybridized carbons (Fsp3) is 0.136. The number of benzene rings is 2. The molecule has 0 saturated heterocycles. The highest BCUT2D eigenvalue weighted by molar-refractivity contribution is 6.31. The van der Waals surface area contributed by atoms with Crippen LogP contribution in [0.2, 0.25) is 5.02 Å². The van der Waals surface area contributed by atoms with Crippen molar-refractivity contribution in [2.75, 3.05) is 16.8 Å². The van der Waals surface area contributed by atoms with E-state index in [1.54, 1.807) is 23.1 Å². The van der Waals surface area contributed by atoms with Crippen molar-refractivity contribution >= 4 is 34.8 Å². The molecule has 1 N–H and O–H groups in total. The summed E-state index contributed by atoms with van der Waals surface area (Å²) in [6, 6.07) is 16.2. The first-order chi connectivity index (χ1) is 13.5. The van der Waals surface area contributed by atoms with Crippen molar-refractivity contribution in [2.24, 2.45) is 0 Å². The van der Waals surface area contributed by atoms with Gasteiger partial charge in [0.05, 0.1) is 11.1 Å². The number of hydrogen-bond donors (Lipinski definition) is 1. The Hall–Kier alpha value is -3.18. The Morgan fingerprint density at radius 1 is 1.04 bits per heavy atom. The lowest BCUT2D eigenvalue weighted by atomic mass is 10.1. The number of rotatable bonds is 5. The van der Waals surface area contributed by atoms with E-state index in [-0.39, 0.29) is 11.8 Å². The molecule has 142 valence electrons. The maximum Gasteiger partial charge on any atom is 0.259 e. The van der Waals surface area contributed by atoms with Crippen LogP contribution in [0, 0.1) is 6.92 Å². The van der Waals surface area contributed by atoms with Gasteiger partial charge in [0.25, 0.3) is 11.8 Å². The molecule has 28 heavy (non-hydrogen) atoms. The van der Waals surface area contributed by atoms with E-state index in [0.717, 1.165) is 11.3 Å². The lowest BCUT2D eigenvalue weighted by Crippen LogP contribution is -2.31. The molecule has 0 bridgehead atoms. The fourth-order valence-corrected chi connectivity index (χ4v) is 2.98. The van der Waals surface area contributed by atoms with E-state index in [1.807, 2.05) is 50.2 Å². The summed E-state index contributed by atoms with van der Waals surface area (Å²) in [5.74, 6) is -0.565. The minimum absolute atomic E-state index is 0.213. The number of anilines is 2. The normalized spacial score (nSPS) is 10.4. The van der Waals surface area contributed by atoms with Crippen LogP contribution in [0.4, 0.5) is 11.4 Å². The summed E-state index contributed by atoms with van der Waals surface area (Å²) in [7, 11) is 0. The zero-order valence-electron chi connectivity index (χ0n) is 15.6. The molecule has 0 aliphatic rings. The van der Waals surface area contributed by atoms with Gasteiger partial charge in [-0.05, 0) is 49.7 Å². The summed E-state index contributed by atoms with van der Waals surface area (Å²) < 4.78 is 0. The summed E-state index contributed by atoms with van der Waals surface area (Å²) >= 11 is 6.01. The number of amides is 2. The molecule has 0 radical (unpaired) electrons. The molecule has 5 nitrogen and oxygen atoms in total. The average Bonchev–Trinajstić information content (AvgIpc) is 2.72. The second-order valence-electron chi connectivity index (χ2n) is 6.26. The largest absolute Gasteiger partial charge is 0.322 e. The van der Waals surface area contributed by atoms with Gasteiger partial charge < -0.3 is 10.2 Å². The highest BCUT2D eigenvalue weighted by Gasteiger charge is 2.18. The number of nitrogens with one attached hydrogen (secondary N) is 1. The Morgan fingerprint density at radius 3 is 2.46 bits per heavy atom. The van der Waals surface area contributed by atoms with Gasteiger partial charge in [0.2, 0.25) is 0 Å². The Morgan fingerprint density at radius 2 is 1.75 bits per heavy atom. The monoisotopic (exact) mass is 393 g/mol. The summed E-state index contributed by atoms with van der Waals surface area (Å²) in [6.07, 6.45) is 2.90. The third kappa shape index (κ3) is 4.38. The second-order valence-corrected chi connectivity index (χ2v) is 6.70. The summed E-state index contributed by atoms with van der Waals surface area (Å²) in [4.78, 5) is 31.3. The third-order valence-electron chi connectivity index (χ3n) is 4.32. The van der Waals surface area contributed by atoms with Crippen molar-refractivity contribution in [2.45, 2.75) is 13.8 Å². The van der Waals surface area contributed by atoms with E-state index < -0.39 is 0 Å². The number of aryl methyl sites for hydroxylation is 1. The van der Waals surface area contributed by atoms with Gasteiger partial charge in [-0.25, -0.2) is 0 Å². The number of halogens is 1. The average molecular weight is 394 g/mol. The van der Waals surface area contributed by atoms with Crippen molar-refractivity contribution in [3.8, 4) is 0 Å². The van der Waals surface area contributed by atoms with Gasteiger partial charge in [-0.1, -0.05) is 35.9 Å². The zero-order chi connectivity index (χ0) is 20.1. The van der Waals surface area contributed by atoms with Crippen LogP contribution in [0.3, 0.4) is 0 Å². The van der Waals surface area contributed by atoms with E-state index in [4.69, 9.17) is 11.6 Å². The van der Waals surface area contributed by atoms with E-state index in [9.17, 15) is 9.59 Å². The number of carbonyl (C=O) groups excluding carboxylic acids is 2. The molecule has 0 saturated carbocycles. The molecule has 3 aromatic rings. The van der Waals surface area contributed by atoms with Crippen molar-refractivity contribution < 1.29 is 9.59 Å². The number of para-hydroxylation sites is 1. The number of pyridine rings is 1. The molecular weight excluding hydrogens is 374 g/mol. The van der Waals surface area contributed by atoms with Crippen molar-refractivity contribution in [1.29, 1.82) is 0 Å². The highest BCUT2D eigenvalue weighted by Crippen LogP contribution is 2.21. The number of nitrogens with zero attached hydrogens (tertiary/aromatic N) is 2. The Kier molecular flexibility index (Phi) is 6.06. The number of hydrogen-bond acceptors (Lipinski definition) is 3. The number of aromatic nitrogens is 1. The molecule has 0 fully saturated rings. The van der Waals surface area contributed by atoms with Gasteiger partial charge in [0.1, 0.15) is 0 Å². The zero-order valence-corrected chi connectivity index (χ0v) is 16.4. The first kappa shape index (κ1) is 19.6. The first-order valence-electron chi connectivity index (χ1n) is 8.89. The van der Waals surface area contributed by atoms with Crippen LogP contribution in [-0.4, -0.2) is 23.3 Å². The lowest BCUT2D eigenvalue weighted by molar-refractivity contribution is 0.0988. The maximum absolute atomic E-state index is 12.9. The van der Waals surface area contributed by atoms with Crippen molar-refractivity contribution in [3.05, 3.63) is 88.7 Å². The summed E-state index contributed by atoms with van der Waals surface area (Å²) in [6.45, 7) is 4.28. The van der Waals surface area contributed by atoms with Gasteiger partial charge >= 0.3 is 0 Å². The Balaban J connectivity index is 1.84. The minimum Gasteiger partial charge on any atom is -0.322 e. The quantitative estimate of drug-likeness (QED) is 0.666. The van der Waals surface area contributed by atoms with Crippen LogP contribution in [-0.2, 0) is 0 Å². The Bertz CT molecular complexity index is 1010. The van der Waals surface area contributed by atoms with Crippen molar-refractivity contribution in [1.82, 2.24) is 4.98 Å². The minimum atomic E-state index is -0.352. The van der Waals surface area contributed by atoms with E-state index in [0.29, 0.717) is 28.4 Å². The van der Waals surface area contributed by atoms with Gasteiger partial charge in [-0.15, -0.1) is 0 Å². The molecule has 6 heteroatoms. The molecule has 0 aliphatic heterocycles. The molecule has 3 rings (SSSR count). The predicted molar refractivity (Wildman–Crippen MR) is 112 cm³/mol. The number of carbonyl (C=O) groups is 2. The smallest absolute Gasteiger partial charge is 0.259 e. The summed E-state index contributed by atoms with van der Waals surface area (Å²) in [5.41, 5.74) is 2.95. The van der Waals surface area contributed by atoms with E-state index >= 15 is 0 Å². The van der Waals surface area contributed by atoms with Gasteiger partial charge in [0, 0.05) is 35.3 Å². The molecule has 0 unspecified atom stereocenters. The topological polar surface area (TPSA) is 62.3 Å². The molecular formula is C22H20ClN3O2. The van der Waals surface area contributed by atoms with Gasteiger partial charge in [-0.3, -0.25) is 14.6 Å². The van der Waals surface area contributed by atoms with Crippen LogP contribution < -0.4 is 10.2 Å². The molecule has 1 aromatic heterocycles. The van der Waals surface area contributed by atoms with Gasteiger partial charge in [-0.2, -0.15) is 0 Å². The second kappa shape index (κ2) is 8.67. The molecule has 0 spiro atoms. The van der Waals surface area contributed by atoms with Gasteiger partial charge in [0.15, 0.2) is 0 Å². The molecule has 0 atom stereocenters. The van der Waals surface area contributed by atoms with Crippen LogP contribution >= 0.6 is 11.6 Å². The maximum atomic E-state index is 12.9. The molecule has 1 heterocycles. The van der Waals surface area contributed by atoms with Crippen LogP contribution in [0.15, 0.2) is 67.0 Å². The van der Waals surface area contributed by atoms with Crippen LogP contribution in [0.1, 0.15) is 33.2 Å². The SMILES string of the molecule is CCN(C(=O)c1cncc(C(=O)Nc2cc(Cl)ccc2C)c1)c1ccccc1. The molecule has 2 aromatic carbocycles.